The minimum absolute atomic E-state index is 0.0327. The molecule has 0 N–H and O–H groups in total. The molecule has 0 aliphatic rings. The second-order valence-corrected chi connectivity index (χ2v) is 7.97. The lowest BCUT2D eigenvalue weighted by Crippen LogP contribution is -2.41. The highest BCUT2D eigenvalue weighted by molar-refractivity contribution is 6.30. The summed E-state index contributed by atoms with van der Waals surface area (Å²) in [5, 5.41) is 0.636. The van der Waals surface area contributed by atoms with E-state index in [1.807, 2.05) is 17.0 Å². The van der Waals surface area contributed by atoms with Gasteiger partial charge in [0.15, 0.2) is 0 Å². The number of carbonyl (C=O) groups is 1. The lowest BCUT2D eigenvalue weighted by molar-refractivity contribution is 0.0623. The van der Waals surface area contributed by atoms with Crippen LogP contribution in [0.4, 0.5) is 0 Å². The number of aromatic nitrogens is 1. The van der Waals surface area contributed by atoms with Gasteiger partial charge in [-0.15, -0.1) is 0 Å². The van der Waals surface area contributed by atoms with Crippen molar-refractivity contribution in [2.45, 2.75) is 39.9 Å². The third-order valence-corrected chi connectivity index (χ3v) is 5.51. The van der Waals surface area contributed by atoms with Crippen molar-refractivity contribution in [3.63, 3.8) is 0 Å². The molecule has 0 aliphatic heterocycles. The molecule has 0 aliphatic carbocycles. The van der Waals surface area contributed by atoms with Gasteiger partial charge in [-0.25, -0.2) is 0 Å². The zero-order chi connectivity index (χ0) is 20.1. The van der Waals surface area contributed by atoms with Gasteiger partial charge in [-0.1, -0.05) is 55.8 Å². The minimum atomic E-state index is 0.0327. The van der Waals surface area contributed by atoms with Gasteiger partial charge in [-0.2, -0.15) is 0 Å². The summed E-state index contributed by atoms with van der Waals surface area (Å²) in [5.41, 5.74) is 3.03. The van der Waals surface area contributed by atoms with Crippen LogP contribution in [0.2, 0.25) is 5.02 Å². The van der Waals surface area contributed by atoms with Crippen molar-refractivity contribution in [1.29, 1.82) is 0 Å². The van der Waals surface area contributed by atoms with Gasteiger partial charge in [0, 0.05) is 35.1 Å². The maximum absolute atomic E-state index is 13.3. The van der Waals surface area contributed by atoms with Crippen molar-refractivity contribution in [1.82, 2.24) is 9.47 Å². The fraction of sp³-hybridized carbons (Fsp3) is 0.292. The van der Waals surface area contributed by atoms with Crippen LogP contribution < -0.4 is 0 Å². The van der Waals surface area contributed by atoms with E-state index < -0.39 is 0 Å². The molecule has 0 radical (unpaired) electrons. The maximum Gasteiger partial charge on any atom is 0.254 e. The quantitative estimate of drug-likeness (QED) is 0.491. The van der Waals surface area contributed by atoms with Crippen LogP contribution in [0.25, 0.3) is 0 Å². The summed E-state index contributed by atoms with van der Waals surface area (Å²) < 4.78 is 2.21. The number of nitrogens with zero attached hydrogens (tertiary/aromatic N) is 2. The molecule has 146 valence electrons. The number of benzene rings is 2. The van der Waals surface area contributed by atoms with Crippen molar-refractivity contribution in [3.05, 3.63) is 94.8 Å². The standard InChI is InChI=1S/C24H27ClN2O/c1-18(2)19(3)27(24(28)21-11-13-22(25)14-12-21)17-23-10-7-15-26(23)16-20-8-5-4-6-9-20/h4-15,18-19H,16-17H2,1-3H3/t19-/m0/s1. The van der Waals surface area contributed by atoms with Crippen LogP contribution in [0, 0.1) is 5.92 Å². The van der Waals surface area contributed by atoms with E-state index in [4.69, 9.17) is 11.6 Å². The highest BCUT2D eigenvalue weighted by Crippen LogP contribution is 2.20. The van der Waals surface area contributed by atoms with Crippen LogP contribution in [-0.2, 0) is 13.1 Å². The van der Waals surface area contributed by atoms with Crippen LogP contribution in [0.5, 0.6) is 0 Å². The molecule has 3 rings (SSSR count). The van der Waals surface area contributed by atoms with Gasteiger partial charge in [-0.3, -0.25) is 4.79 Å². The Kier molecular flexibility index (Phi) is 6.58. The highest BCUT2D eigenvalue weighted by Gasteiger charge is 2.25. The Morgan fingerprint density at radius 2 is 1.64 bits per heavy atom. The molecule has 0 saturated carbocycles. The summed E-state index contributed by atoms with van der Waals surface area (Å²) in [4.78, 5) is 15.2. The van der Waals surface area contributed by atoms with E-state index in [-0.39, 0.29) is 11.9 Å². The first-order chi connectivity index (χ1) is 13.5. The first kappa shape index (κ1) is 20.2. The van der Waals surface area contributed by atoms with Crippen LogP contribution in [0.15, 0.2) is 72.9 Å². The average Bonchev–Trinajstić information content (AvgIpc) is 3.13. The lowest BCUT2D eigenvalue weighted by Gasteiger charge is -2.32. The molecular formula is C24H27ClN2O. The van der Waals surface area contributed by atoms with Gasteiger partial charge in [0.1, 0.15) is 0 Å². The molecule has 0 unspecified atom stereocenters. The van der Waals surface area contributed by atoms with Crippen LogP contribution in [0.1, 0.15) is 42.4 Å². The second-order valence-electron chi connectivity index (χ2n) is 7.54. The fourth-order valence-electron chi connectivity index (χ4n) is 3.22. The van der Waals surface area contributed by atoms with E-state index in [0.29, 0.717) is 23.0 Å². The Morgan fingerprint density at radius 1 is 0.964 bits per heavy atom. The Balaban J connectivity index is 1.85. The van der Waals surface area contributed by atoms with Crippen molar-refractivity contribution in [2.24, 2.45) is 5.92 Å². The third kappa shape index (κ3) is 4.85. The van der Waals surface area contributed by atoms with Crippen LogP contribution >= 0.6 is 11.6 Å². The predicted octanol–water partition coefficient (Wildman–Crippen LogP) is 5.88. The van der Waals surface area contributed by atoms with Crippen molar-refractivity contribution >= 4 is 17.5 Å². The molecule has 1 aromatic heterocycles. The summed E-state index contributed by atoms with van der Waals surface area (Å²) in [6, 6.07) is 21.8. The van der Waals surface area contributed by atoms with Crippen molar-refractivity contribution in [2.75, 3.05) is 0 Å². The van der Waals surface area contributed by atoms with Crippen molar-refractivity contribution in [3.8, 4) is 0 Å². The first-order valence-electron chi connectivity index (χ1n) is 9.70. The number of hydrogen-bond donors (Lipinski definition) is 0. The molecule has 28 heavy (non-hydrogen) atoms. The summed E-state index contributed by atoms with van der Waals surface area (Å²) in [6.45, 7) is 7.78. The molecule has 2 aromatic carbocycles. The molecule has 0 fully saturated rings. The van der Waals surface area contributed by atoms with E-state index in [0.717, 1.165) is 12.2 Å². The van der Waals surface area contributed by atoms with Crippen molar-refractivity contribution < 1.29 is 4.79 Å². The Labute approximate surface area is 172 Å². The second kappa shape index (κ2) is 9.11. The molecule has 1 atom stereocenters. The van der Waals surface area contributed by atoms with Crippen LogP contribution in [0.3, 0.4) is 0 Å². The number of amides is 1. The molecule has 3 aromatic rings. The van der Waals surface area contributed by atoms with Gasteiger partial charge in [0.25, 0.3) is 5.91 Å². The number of carbonyl (C=O) groups excluding carboxylic acids is 1. The smallest absolute Gasteiger partial charge is 0.254 e. The Hall–Kier alpha value is -2.52. The molecule has 1 heterocycles. The average molecular weight is 395 g/mol. The molecule has 0 bridgehead atoms. The van der Waals surface area contributed by atoms with E-state index in [1.165, 1.54) is 5.56 Å². The van der Waals surface area contributed by atoms with Gasteiger partial charge in [0.05, 0.1) is 6.54 Å². The zero-order valence-electron chi connectivity index (χ0n) is 16.7. The summed E-state index contributed by atoms with van der Waals surface area (Å²) in [5.74, 6) is 0.388. The summed E-state index contributed by atoms with van der Waals surface area (Å²) in [7, 11) is 0. The molecular weight excluding hydrogens is 368 g/mol. The van der Waals surface area contributed by atoms with E-state index >= 15 is 0 Å². The zero-order valence-corrected chi connectivity index (χ0v) is 17.4. The summed E-state index contributed by atoms with van der Waals surface area (Å²) >= 11 is 5.99. The third-order valence-electron chi connectivity index (χ3n) is 5.26. The first-order valence-corrected chi connectivity index (χ1v) is 10.1. The monoisotopic (exact) mass is 394 g/mol. The normalized spacial score (nSPS) is 12.2. The SMILES string of the molecule is CC(C)[C@H](C)N(Cc1cccn1Cc1ccccc1)C(=O)c1ccc(Cl)cc1. The molecule has 4 heteroatoms. The Bertz CT molecular complexity index is 900. The van der Waals surface area contributed by atoms with E-state index in [2.05, 4.69) is 61.9 Å². The number of rotatable bonds is 7. The number of hydrogen-bond acceptors (Lipinski definition) is 1. The van der Waals surface area contributed by atoms with Gasteiger partial charge in [0.2, 0.25) is 0 Å². The molecule has 0 saturated heterocycles. The topological polar surface area (TPSA) is 25.2 Å². The predicted molar refractivity (Wildman–Crippen MR) is 116 cm³/mol. The fourth-order valence-corrected chi connectivity index (χ4v) is 3.35. The largest absolute Gasteiger partial charge is 0.345 e. The van der Waals surface area contributed by atoms with Gasteiger partial charge >= 0.3 is 0 Å². The Morgan fingerprint density at radius 3 is 2.29 bits per heavy atom. The minimum Gasteiger partial charge on any atom is -0.345 e. The van der Waals surface area contributed by atoms with Crippen LogP contribution in [-0.4, -0.2) is 21.4 Å². The van der Waals surface area contributed by atoms with E-state index in [9.17, 15) is 4.79 Å². The lowest BCUT2D eigenvalue weighted by atomic mass is 10.0. The maximum atomic E-state index is 13.3. The molecule has 1 amide bonds. The summed E-state index contributed by atoms with van der Waals surface area (Å²) in [6.07, 6.45) is 2.08. The number of halogens is 1. The van der Waals surface area contributed by atoms with Gasteiger partial charge in [-0.05, 0) is 54.8 Å². The van der Waals surface area contributed by atoms with E-state index in [1.54, 1.807) is 24.3 Å². The molecule has 3 nitrogen and oxygen atoms in total. The highest BCUT2D eigenvalue weighted by atomic mass is 35.5. The van der Waals surface area contributed by atoms with Gasteiger partial charge < -0.3 is 9.47 Å². The molecule has 0 spiro atoms.